The van der Waals surface area contributed by atoms with E-state index in [0.717, 1.165) is 23.2 Å². The average Bonchev–Trinajstić information content (AvgIpc) is 3.04. The second-order valence-electron chi connectivity index (χ2n) is 7.32. The number of hydrogen-bond acceptors (Lipinski definition) is 4. The molecule has 0 N–H and O–H groups in total. The molecule has 0 aliphatic carbocycles. The molecule has 0 bridgehead atoms. The van der Waals surface area contributed by atoms with E-state index in [1.165, 1.54) is 16.9 Å². The lowest BCUT2D eigenvalue weighted by molar-refractivity contribution is 0.0994. The van der Waals surface area contributed by atoms with Crippen molar-refractivity contribution in [3.8, 4) is 0 Å². The first kappa shape index (κ1) is 19.3. The lowest BCUT2D eigenvalue weighted by atomic mass is 10.0. The number of carbonyl (C=O) groups is 1. The molecule has 4 aromatic rings. The summed E-state index contributed by atoms with van der Waals surface area (Å²) in [5.74, 6) is -0.157. The van der Waals surface area contributed by atoms with Crippen molar-refractivity contribution < 1.29 is 9.21 Å². The summed E-state index contributed by atoms with van der Waals surface area (Å²) in [6.07, 6.45) is 0.914. The predicted molar refractivity (Wildman–Crippen MR) is 117 cm³/mol. The standard InChI is InChI=1S/C23H22N2O3S/c1-4-11-25-18-10-9-15(14(2)3)13-20(18)29-23(25)24-21(26)17-12-16-7-5-6-8-19(16)28-22(17)27/h5-10,12-14H,4,11H2,1-3H3. The fourth-order valence-corrected chi connectivity index (χ4v) is 4.43. The Kier molecular flexibility index (Phi) is 5.20. The molecular weight excluding hydrogens is 384 g/mol. The quantitative estimate of drug-likeness (QED) is 0.444. The van der Waals surface area contributed by atoms with E-state index in [0.29, 0.717) is 21.7 Å². The zero-order valence-corrected chi connectivity index (χ0v) is 17.5. The second-order valence-corrected chi connectivity index (χ2v) is 8.33. The maximum atomic E-state index is 12.9. The molecule has 1 amide bonds. The van der Waals surface area contributed by atoms with Gasteiger partial charge >= 0.3 is 5.63 Å². The van der Waals surface area contributed by atoms with E-state index in [1.54, 1.807) is 24.3 Å². The number of aryl methyl sites for hydroxylation is 1. The topological polar surface area (TPSA) is 64.6 Å². The molecule has 0 atom stereocenters. The Labute approximate surface area is 171 Å². The Morgan fingerprint density at radius 1 is 1.17 bits per heavy atom. The van der Waals surface area contributed by atoms with Crippen molar-refractivity contribution in [2.24, 2.45) is 4.99 Å². The van der Waals surface area contributed by atoms with Crippen LogP contribution in [0.1, 0.15) is 49.0 Å². The van der Waals surface area contributed by atoms with Gasteiger partial charge in [0.2, 0.25) is 0 Å². The first-order valence-electron chi connectivity index (χ1n) is 9.73. The van der Waals surface area contributed by atoms with E-state index in [9.17, 15) is 9.59 Å². The second kappa shape index (κ2) is 7.79. The third-order valence-corrected chi connectivity index (χ3v) is 5.93. The van der Waals surface area contributed by atoms with Gasteiger partial charge in [0.05, 0.1) is 10.2 Å². The molecule has 0 saturated heterocycles. The molecule has 148 valence electrons. The molecule has 5 nitrogen and oxygen atoms in total. The molecule has 0 radical (unpaired) electrons. The first-order valence-corrected chi connectivity index (χ1v) is 10.5. The molecular formula is C23H22N2O3S. The van der Waals surface area contributed by atoms with Crippen LogP contribution in [0.2, 0.25) is 0 Å². The summed E-state index contributed by atoms with van der Waals surface area (Å²) in [4.78, 5) is 30.1. The molecule has 4 rings (SSSR count). The number of para-hydroxylation sites is 1. The lowest BCUT2D eigenvalue weighted by Gasteiger charge is -2.06. The van der Waals surface area contributed by atoms with Crippen LogP contribution in [0.15, 0.2) is 62.7 Å². The summed E-state index contributed by atoms with van der Waals surface area (Å²) in [6, 6.07) is 15.1. The van der Waals surface area contributed by atoms with E-state index < -0.39 is 11.5 Å². The molecule has 6 heteroatoms. The number of hydrogen-bond donors (Lipinski definition) is 0. The van der Waals surface area contributed by atoms with Gasteiger partial charge in [-0.2, -0.15) is 4.99 Å². The van der Waals surface area contributed by atoms with Gasteiger partial charge in [0.15, 0.2) is 4.80 Å². The SMILES string of the molecule is CCCn1c(=NC(=O)c2cc3ccccc3oc2=O)sc2cc(C(C)C)ccc21. The summed E-state index contributed by atoms with van der Waals surface area (Å²) < 4.78 is 8.42. The van der Waals surface area contributed by atoms with Gasteiger partial charge in [-0.25, -0.2) is 4.79 Å². The molecule has 0 fully saturated rings. The summed E-state index contributed by atoms with van der Waals surface area (Å²) in [5, 5.41) is 0.699. The van der Waals surface area contributed by atoms with Crippen LogP contribution in [0.25, 0.3) is 21.2 Å². The van der Waals surface area contributed by atoms with Crippen LogP contribution < -0.4 is 10.4 Å². The van der Waals surface area contributed by atoms with Crippen LogP contribution in [0.5, 0.6) is 0 Å². The summed E-state index contributed by atoms with van der Waals surface area (Å²) in [6.45, 7) is 7.15. The van der Waals surface area contributed by atoms with Crippen LogP contribution in [0, 0.1) is 0 Å². The fraction of sp³-hybridized carbons (Fsp3) is 0.261. The lowest BCUT2D eigenvalue weighted by Crippen LogP contribution is -2.19. The maximum absolute atomic E-state index is 12.9. The van der Waals surface area contributed by atoms with Gasteiger partial charge < -0.3 is 8.98 Å². The van der Waals surface area contributed by atoms with Crippen molar-refractivity contribution in [3.05, 3.63) is 74.9 Å². The predicted octanol–water partition coefficient (Wildman–Crippen LogP) is 5.08. The van der Waals surface area contributed by atoms with E-state index in [-0.39, 0.29) is 5.56 Å². The van der Waals surface area contributed by atoms with E-state index in [1.807, 2.05) is 10.6 Å². The number of rotatable bonds is 4. The first-order chi connectivity index (χ1) is 14.0. The van der Waals surface area contributed by atoms with Gasteiger partial charge in [-0.05, 0) is 42.2 Å². The highest BCUT2D eigenvalue weighted by atomic mass is 32.1. The van der Waals surface area contributed by atoms with E-state index in [2.05, 4.69) is 44.0 Å². The number of benzene rings is 2. The fourth-order valence-electron chi connectivity index (χ4n) is 3.33. The van der Waals surface area contributed by atoms with Crippen molar-refractivity contribution in [1.29, 1.82) is 0 Å². The third-order valence-electron chi connectivity index (χ3n) is 4.89. The van der Waals surface area contributed by atoms with E-state index in [4.69, 9.17) is 4.42 Å². The summed E-state index contributed by atoms with van der Waals surface area (Å²) >= 11 is 1.47. The summed E-state index contributed by atoms with van der Waals surface area (Å²) in [5.41, 5.74) is 2.04. The number of nitrogens with zero attached hydrogens (tertiary/aromatic N) is 2. The van der Waals surface area contributed by atoms with Crippen molar-refractivity contribution in [1.82, 2.24) is 4.57 Å². The highest BCUT2D eigenvalue weighted by Crippen LogP contribution is 2.24. The molecule has 0 spiro atoms. The summed E-state index contributed by atoms with van der Waals surface area (Å²) in [7, 11) is 0. The largest absolute Gasteiger partial charge is 0.422 e. The smallest absolute Gasteiger partial charge is 0.349 e. The molecule has 0 saturated carbocycles. The molecule has 0 aliphatic heterocycles. The Hall–Kier alpha value is -2.99. The van der Waals surface area contributed by atoms with Gasteiger partial charge in [0.1, 0.15) is 11.1 Å². The van der Waals surface area contributed by atoms with Crippen molar-refractivity contribution in [2.45, 2.75) is 39.7 Å². The van der Waals surface area contributed by atoms with Gasteiger partial charge in [-0.15, -0.1) is 0 Å². The number of amides is 1. The van der Waals surface area contributed by atoms with Crippen molar-refractivity contribution >= 4 is 38.4 Å². The Morgan fingerprint density at radius 3 is 2.72 bits per heavy atom. The Morgan fingerprint density at radius 2 is 1.97 bits per heavy atom. The monoisotopic (exact) mass is 406 g/mol. The highest BCUT2D eigenvalue weighted by molar-refractivity contribution is 7.16. The van der Waals surface area contributed by atoms with Crippen LogP contribution in [0.4, 0.5) is 0 Å². The van der Waals surface area contributed by atoms with Crippen molar-refractivity contribution in [2.75, 3.05) is 0 Å². The number of fused-ring (bicyclic) bond motifs is 2. The molecule has 0 aliphatic rings. The van der Waals surface area contributed by atoms with Gasteiger partial charge in [0.25, 0.3) is 5.91 Å². The molecule has 2 aromatic carbocycles. The highest BCUT2D eigenvalue weighted by Gasteiger charge is 2.15. The van der Waals surface area contributed by atoms with Crippen LogP contribution >= 0.6 is 11.3 Å². The van der Waals surface area contributed by atoms with Gasteiger partial charge in [0, 0.05) is 11.9 Å². The molecule has 2 aromatic heterocycles. The molecule has 0 unspecified atom stereocenters. The number of aromatic nitrogens is 1. The normalized spacial score (nSPS) is 12.3. The Bertz CT molecular complexity index is 1340. The van der Waals surface area contributed by atoms with Crippen molar-refractivity contribution in [3.63, 3.8) is 0 Å². The zero-order valence-electron chi connectivity index (χ0n) is 16.6. The Balaban J connectivity index is 1.86. The van der Waals surface area contributed by atoms with Crippen LogP contribution in [0.3, 0.4) is 0 Å². The minimum atomic E-state index is -0.664. The average molecular weight is 407 g/mol. The van der Waals surface area contributed by atoms with Crippen LogP contribution in [-0.2, 0) is 6.54 Å². The van der Waals surface area contributed by atoms with E-state index >= 15 is 0 Å². The zero-order chi connectivity index (χ0) is 20.5. The maximum Gasteiger partial charge on any atom is 0.349 e. The third kappa shape index (κ3) is 3.68. The minimum absolute atomic E-state index is 0.0490. The number of thiazole rings is 1. The van der Waals surface area contributed by atoms with Gasteiger partial charge in [-0.3, -0.25) is 4.79 Å². The molecule has 2 heterocycles. The molecule has 29 heavy (non-hydrogen) atoms. The van der Waals surface area contributed by atoms with Crippen LogP contribution in [-0.4, -0.2) is 10.5 Å². The number of carbonyl (C=O) groups excluding carboxylic acids is 1. The minimum Gasteiger partial charge on any atom is -0.422 e. The van der Waals surface area contributed by atoms with Gasteiger partial charge in [-0.1, -0.05) is 56.4 Å².